The molecule has 0 fully saturated rings. The van der Waals surface area contributed by atoms with Crippen molar-refractivity contribution < 1.29 is 4.42 Å². The molecule has 1 atom stereocenters. The zero-order valence-corrected chi connectivity index (χ0v) is 10.0. The molecule has 0 aliphatic rings. The van der Waals surface area contributed by atoms with Gasteiger partial charge in [-0.05, 0) is 31.0 Å². The molecule has 0 bridgehead atoms. The summed E-state index contributed by atoms with van der Waals surface area (Å²) >= 11 is 0. The molecule has 1 heterocycles. The number of nitrogens with one attached hydrogen (secondary N) is 1. The van der Waals surface area contributed by atoms with Gasteiger partial charge in [0, 0.05) is 13.5 Å². The summed E-state index contributed by atoms with van der Waals surface area (Å²) in [7, 11) is 0. The van der Waals surface area contributed by atoms with Crippen molar-refractivity contribution in [1.82, 2.24) is 10.3 Å². The summed E-state index contributed by atoms with van der Waals surface area (Å²) < 4.78 is 5.41. The van der Waals surface area contributed by atoms with E-state index in [0.717, 1.165) is 24.1 Å². The molecule has 17 heavy (non-hydrogen) atoms. The van der Waals surface area contributed by atoms with E-state index < -0.39 is 0 Å². The van der Waals surface area contributed by atoms with Crippen LogP contribution in [0.5, 0.6) is 0 Å². The van der Waals surface area contributed by atoms with Crippen molar-refractivity contribution in [2.75, 3.05) is 6.54 Å². The van der Waals surface area contributed by atoms with Crippen LogP contribution in [0.15, 0.2) is 22.6 Å². The Morgan fingerprint density at radius 3 is 3.12 bits per heavy atom. The lowest BCUT2D eigenvalue weighted by Crippen LogP contribution is -2.26. The molecule has 1 unspecified atom stereocenters. The van der Waals surface area contributed by atoms with Gasteiger partial charge in [0.15, 0.2) is 11.5 Å². The molecular formula is C13H15N3O. The van der Waals surface area contributed by atoms with Crippen LogP contribution in [0.1, 0.15) is 18.4 Å². The number of hydrogen-bond acceptors (Lipinski definition) is 4. The summed E-state index contributed by atoms with van der Waals surface area (Å²) in [5.41, 5.74) is 2.92. The van der Waals surface area contributed by atoms with Gasteiger partial charge in [-0.1, -0.05) is 6.07 Å². The Bertz CT molecular complexity index is 553. The number of oxazole rings is 1. The number of nitriles is 1. The second-order valence-corrected chi connectivity index (χ2v) is 4.09. The van der Waals surface area contributed by atoms with Crippen LogP contribution in [0.3, 0.4) is 0 Å². The Kier molecular flexibility index (Phi) is 3.40. The quantitative estimate of drug-likeness (QED) is 0.872. The SMILES string of the molecule is Cc1nc2cc(CCNC(C)C#N)ccc2o1. The first kappa shape index (κ1) is 11.6. The lowest BCUT2D eigenvalue weighted by Gasteiger charge is -2.05. The van der Waals surface area contributed by atoms with E-state index in [-0.39, 0.29) is 6.04 Å². The zero-order valence-electron chi connectivity index (χ0n) is 10.0. The molecule has 0 amide bonds. The molecule has 0 saturated carbocycles. The molecule has 4 nitrogen and oxygen atoms in total. The van der Waals surface area contributed by atoms with Crippen molar-refractivity contribution in [2.45, 2.75) is 26.3 Å². The maximum atomic E-state index is 8.64. The van der Waals surface area contributed by atoms with Crippen LogP contribution in [-0.4, -0.2) is 17.6 Å². The summed E-state index contributed by atoms with van der Waals surface area (Å²) in [5.74, 6) is 0.688. The van der Waals surface area contributed by atoms with E-state index in [1.807, 2.05) is 32.0 Å². The monoisotopic (exact) mass is 229 g/mol. The summed E-state index contributed by atoms with van der Waals surface area (Å²) in [6, 6.07) is 8.05. The van der Waals surface area contributed by atoms with Crippen LogP contribution in [0.2, 0.25) is 0 Å². The second kappa shape index (κ2) is 4.98. The smallest absolute Gasteiger partial charge is 0.192 e. The van der Waals surface area contributed by atoms with Crippen LogP contribution < -0.4 is 5.32 Å². The fourth-order valence-electron chi connectivity index (χ4n) is 1.72. The van der Waals surface area contributed by atoms with Crippen molar-refractivity contribution in [3.05, 3.63) is 29.7 Å². The molecule has 2 aromatic rings. The second-order valence-electron chi connectivity index (χ2n) is 4.09. The first-order valence-electron chi connectivity index (χ1n) is 5.68. The molecule has 0 aliphatic heterocycles. The molecule has 1 aromatic heterocycles. The first-order valence-corrected chi connectivity index (χ1v) is 5.68. The Labute approximate surface area is 100 Å². The molecule has 0 radical (unpaired) electrons. The van der Waals surface area contributed by atoms with Crippen LogP contribution in [0.25, 0.3) is 11.1 Å². The minimum Gasteiger partial charge on any atom is -0.441 e. The molecular weight excluding hydrogens is 214 g/mol. The highest BCUT2D eigenvalue weighted by atomic mass is 16.3. The van der Waals surface area contributed by atoms with Crippen LogP contribution in [0, 0.1) is 18.3 Å². The molecule has 0 aliphatic carbocycles. The van der Waals surface area contributed by atoms with Gasteiger partial charge in [0.2, 0.25) is 0 Å². The van der Waals surface area contributed by atoms with Crippen molar-refractivity contribution in [2.24, 2.45) is 0 Å². The predicted molar refractivity (Wildman–Crippen MR) is 65.5 cm³/mol. The average molecular weight is 229 g/mol. The van der Waals surface area contributed by atoms with Crippen molar-refractivity contribution in [1.29, 1.82) is 5.26 Å². The van der Waals surface area contributed by atoms with Crippen molar-refractivity contribution >= 4 is 11.1 Å². The Morgan fingerprint density at radius 2 is 2.35 bits per heavy atom. The minimum absolute atomic E-state index is 0.104. The fraction of sp³-hybridized carbons (Fsp3) is 0.385. The highest BCUT2D eigenvalue weighted by molar-refractivity contribution is 5.73. The largest absolute Gasteiger partial charge is 0.441 e. The van der Waals surface area contributed by atoms with E-state index in [1.54, 1.807) is 0 Å². The predicted octanol–water partition coefficient (Wildman–Crippen LogP) is 2.18. The van der Waals surface area contributed by atoms with Gasteiger partial charge >= 0.3 is 0 Å². The van der Waals surface area contributed by atoms with Gasteiger partial charge in [0.25, 0.3) is 0 Å². The van der Waals surface area contributed by atoms with E-state index in [0.29, 0.717) is 5.89 Å². The third-order valence-electron chi connectivity index (χ3n) is 2.62. The summed E-state index contributed by atoms with van der Waals surface area (Å²) in [6.45, 7) is 4.48. The minimum atomic E-state index is -0.104. The van der Waals surface area contributed by atoms with E-state index in [1.165, 1.54) is 5.56 Å². The zero-order chi connectivity index (χ0) is 12.3. The van der Waals surface area contributed by atoms with Crippen LogP contribution >= 0.6 is 0 Å². The number of fused-ring (bicyclic) bond motifs is 1. The normalized spacial score (nSPS) is 12.5. The standard InChI is InChI=1S/C13H15N3O/c1-9(8-14)15-6-5-11-3-4-13-12(7-11)16-10(2)17-13/h3-4,7,9,15H,5-6H2,1-2H3. The van der Waals surface area contributed by atoms with E-state index in [9.17, 15) is 0 Å². The number of benzene rings is 1. The van der Waals surface area contributed by atoms with E-state index >= 15 is 0 Å². The van der Waals surface area contributed by atoms with E-state index in [4.69, 9.17) is 9.68 Å². The highest BCUT2D eigenvalue weighted by Crippen LogP contribution is 2.16. The fourth-order valence-corrected chi connectivity index (χ4v) is 1.72. The van der Waals surface area contributed by atoms with E-state index in [2.05, 4.69) is 16.4 Å². The molecule has 88 valence electrons. The Hall–Kier alpha value is -1.86. The number of aryl methyl sites for hydroxylation is 1. The summed E-state index contributed by atoms with van der Waals surface area (Å²) in [4.78, 5) is 4.29. The number of aromatic nitrogens is 1. The number of nitrogens with zero attached hydrogens (tertiary/aromatic N) is 2. The molecule has 0 spiro atoms. The van der Waals surface area contributed by atoms with Crippen molar-refractivity contribution in [3.63, 3.8) is 0 Å². The number of rotatable bonds is 4. The highest BCUT2D eigenvalue weighted by Gasteiger charge is 2.03. The Morgan fingerprint density at radius 1 is 1.53 bits per heavy atom. The third-order valence-corrected chi connectivity index (χ3v) is 2.62. The maximum absolute atomic E-state index is 8.64. The molecule has 1 N–H and O–H groups in total. The van der Waals surface area contributed by atoms with Gasteiger partial charge in [-0.25, -0.2) is 4.98 Å². The van der Waals surface area contributed by atoms with Gasteiger partial charge in [-0.15, -0.1) is 0 Å². The topological polar surface area (TPSA) is 61.9 Å². The number of hydrogen-bond donors (Lipinski definition) is 1. The van der Waals surface area contributed by atoms with Crippen LogP contribution in [-0.2, 0) is 6.42 Å². The van der Waals surface area contributed by atoms with Crippen LogP contribution in [0.4, 0.5) is 0 Å². The summed E-state index contributed by atoms with van der Waals surface area (Å²) in [6.07, 6.45) is 0.883. The van der Waals surface area contributed by atoms with Gasteiger partial charge in [0.05, 0.1) is 12.1 Å². The van der Waals surface area contributed by atoms with Gasteiger partial charge in [0.1, 0.15) is 5.52 Å². The lowest BCUT2D eigenvalue weighted by molar-refractivity contribution is 0.561. The summed E-state index contributed by atoms with van der Waals surface area (Å²) in [5, 5.41) is 11.8. The molecule has 4 heteroatoms. The maximum Gasteiger partial charge on any atom is 0.192 e. The average Bonchev–Trinajstić information content (AvgIpc) is 2.68. The third kappa shape index (κ3) is 2.83. The molecule has 0 saturated heterocycles. The van der Waals surface area contributed by atoms with Gasteiger partial charge in [-0.3, -0.25) is 0 Å². The lowest BCUT2D eigenvalue weighted by atomic mass is 10.1. The Balaban J connectivity index is 2.02. The first-order chi connectivity index (χ1) is 8.19. The van der Waals surface area contributed by atoms with Crippen molar-refractivity contribution in [3.8, 4) is 6.07 Å². The van der Waals surface area contributed by atoms with Gasteiger partial charge in [-0.2, -0.15) is 5.26 Å². The molecule has 1 aromatic carbocycles. The molecule has 2 rings (SSSR count). The van der Waals surface area contributed by atoms with Gasteiger partial charge < -0.3 is 9.73 Å².